The minimum absolute atomic E-state index is 0.264. The van der Waals surface area contributed by atoms with Gasteiger partial charge in [-0.25, -0.2) is 9.78 Å². The van der Waals surface area contributed by atoms with Crippen molar-refractivity contribution in [2.75, 3.05) is 17.7 Å². The lowest BCUT2D eigenvalue weighted by Gasteiger charge is -2.46. The summed E-state index contributed by atoms with van der Waals surface area (Å²) in [6.45, 7) is 7.84. The number of aromatic nitrogens is 3. The molecule has 0 saturated carbocycles. The number of carbonyl (C=O) groups excluding carboxylic acids is 3. The van der Waals surface area contributed by atoms with E-state index in [9.17, 15) is 14.4 Å². The predicted molar refractivity (Wildman–Crippen MR) is 145 cm³/mol. The molecular weight excluding hydrogens is 482 g/mol. The van der Waals surface area contributed by atoms with Crippen molar-refractivity contribution in [1.29, 1.82) is 0 Å². The van der Waals surface area contributed by atoms with Crippen LogP contribution in [-0.4, -0.2) is 50.6 Å². The minimum Gasteiger partial charge on any atom is -0.384 e. The summed E-state index contributed by atoms with van der Waals surface area (Å²) in [5.41, 5.74) is 10.7. The second-order valence-electron chi connectivity index (χ2n) is 9.97. The van der Waals surface area contributed by atoms with Crippen LogP contribution in [0.3, 0.4) is 0 Å². The van der Waals surface area contributed by atoms with Gasteiger partial charge in [-0.3, -0.25) is 24.1 Å². The molecule has 38 heavy (non-hydrogen) atoms. The standard InChI is InChI=1S/C28H35N7O3/c1-7-22(20-9-8-16(2)17(3)12-20)32-28(38)35-25(27(37)33(5)24-10-11-30-34(24)6)21(26(35)36)14-19-13-18(4)31-23(29)15-19/h8-13,15,21-22,25H,7,14H2,1-6H3,(H2,29,31)(H,32,38)/t21-,22?,25+/m1/s1. The zero-order valence-corrected chi connectivity index (χ0v) is 22.7. The number of anilines is 2. The quantitative estimate of drug-likeness (QED) is 0.464. The first kappa shape index (κ1) is 26.8. The Morgan fingerprint density at radius 3 is 2.47 bits per heavy atom. The lowest BCUT2D eigenvalue weighted by Crippen LogP contribution is -2.70. The highest BCUT2D eigenvalue weighted by Gasteiger charge is 2.55. The van der Waals surface area contributed by atoms with E-state index in [-0.39, 0.29) is 18.4 Å². The number of rotatable bonds is 7. The van der Waals surface area contributed by atoms with Crippen LogP contribution in [0.1, 0.15) is 47.3 Å². The lowest BCUT2D eigenvalue weighted by molar-refractivity contribution is -0.156. The summed E-state index contributed by atoms with van der Waals surface area (Å²) >= 11 is 0. The molecule has 0 bridgehead atoms. The Balaban J connectivity index is 1.62. The number of amides is 4. The van der Waals surface area contributed by atoms with Gasteiger partial charge < -0.3 is 11.1 Å². The molecule has 10 nitrogen and oxygen atoms in total. The number of likely N-dealkylation sites (tertiary alicyclic amines) is 1. The number of benzene rings is 1. The second kappa shape index (κ2) is 10.6. The van der Waals surface area contributed by atoms with Crippen LogP contribution < -0.4 is 16.0 Å². The largest absolute Gasteiger partial charge is 0.384 e. The molecule has 3 N–H and O–H groups in total. The molecule has 2 aromatic heterocycles. The Hall–Kier alpha value is -4.21. The molecule has 1 unspecified atom stereocenters. The zero-order chi connectivity index (χ0) is 27.7. The van der Waals surface area contributed by atoms with Crippen LogP contribution >= 0.6 is 0 Å². The third kappa shape index (κ3) is 5.11. The third-order valence-corrected chi connectivity index (χ3v) is 7.28. The van der Waals surface area contributed by atoms with Crippen molar-refractivity contribution < 1.29 is 14.4 Å². The molecule has 4 rings (SSSR count). The van der Waals surface area contributed by atoms with Crippen molar-refractivity contribution in [3.8, 4) is 0 Å². The van der Waals surface area contributed by atoms with Gasteiger partial charge in [-0.1, -0.05) is 25.1 Å². The van der Waals surface area contributed by atoms with Gasteiger partial charge in [-0.2, -0.15) is 5.10 Å². The van der Waals surface area contributed by atoms with Crippen LogP contribution in [0.5, 0.6) is 0 Å². The van der Waals surface area contributed by atoms with Gasteiger partial charge in [0.05, 0.1) is 18.2 Å². The molecule has 3 atom stereocenters. The molecule has 4 amide bonds. The maximum atomic E-state index is 13.8. The number of nitrogens with zero attached hydrogens (tertiary/aromatic N) is 5. The summed E-state index contributed by atoms with van der Waals surface area (Å²) in [4.78, 5) is 47.3. The molecular formula is C28H35N7O3. The van der Waals surface area contributed by atoms with Crippen molar-refractivity contribution in [2.45, 2.75) is 52.6 Å². The van der Waals surface area contributed by atoms with Gasteiger partial charge in [-0.05, 0) is 68.0 Å². The smallest absolute Gasteiger partial charge is 0.325 e. The van der Waals surface area contributed by atoms with Crippen LogP contribution in [0.25, 0.3) is 0 Å². The van der Waals surface area contributed by atoms with Gasteiger partial charge in [-0.15, -0.1) is 0 Å². The number of carbonyl (C=O) groups is 3. The Labute approximate surface area is 222 Å². The van der Waals surface area contributed by atoms with Crippen LogP contribution in [0.2, 0.25) is 0 Å². The van der Waals surface area contributed by atoms with Gasteiger partial charge in [0, 0.05) is 25.9 Å². The summed E-state index contributed by atoms with van der Waals surface area (Å²) in [5.74, 6) is -0.588. The van der Waals surface area contributed by atoms with Crippen LogP contribution in [0.4, 0.5) is 16.4 Å². The van der Waals surface area contributed by atoms with Crippen molar-refractivity contribution in [3.63, 3.8) is 0 Å². The van der Waals surface area contributed by atoms with E-state index < -0.39 is 23.9 Å². The first-order valence-corrected chi connectivity index (χ1v) is 12.7. The van der Waals surface area contributed by atoms with E-state index in [1.165, 1.54) is 4.90 Å². The van der Waals surface area contributed by atoms with E-state index >= 15 is 0 Å². The number of nitrogen functional groups attached to an aromatic ring is 1. The number of likely N-dealkylation sites (N-methyl/N-ethyl adjacent to an activating group) is 1. The summed E-state index contributed by atoms with van der Waals surface area (Å²) in [5, 5.41) is 7.12. The second-order valence-corrected chi connectivity index (χ2v) is 9.97. The molecule has 1 aliphatic heterocycles. The topological polar surface area (TPSA) is 126 Å². The molecule has 1 aliphatic rings. The SMILES string of the molecule is CCC(NC(=O)N1C(=O)[C@H](Cc2cc(C)nc(N)c2)[C@H]1C(=O)N(C)c1ccnn1C)c1ccc(C)c(C)c1. The van der Waals surface area contributed by atoms with E-state index in [1.54, 1.807) is 37.1 Å². The fourth-order valence-electron chi connectivity index (χ4n) is 5.02. The normalized spacial score (nSPS) is 17.6. The molecule has 10 heteroatoms. The van der Waals surface area contributed by atoms with E-state index in [1.807, 2.05) is 52.0 Å². The number of nitrogens with two attached hydrogens (primary N) is 1. The lowest BCUT2D eigenvalue weighted by atomic mass is 9.81. The predicted octanol–water partition coefficient (Wildman–Crippen LogP) is 3.22. The highest BCUT2D eigenvalue weighted by Crippen LogP contribution is 2.33. The van der Waals surface area contributed by atoms with E-state index in [0.29, 0.717) is 18.1 Å². The van der Waals surface area contributed by atoms with Crippen molar-refractivity contribution in [1.82, 2.24) is 25.0 Å². The first-order chi connectivity index (χ1) is 18.0. The Morgan fingerprint density at radius 1 is 1.13 bits per heavy atom. The molecule has 0 spiro atoms. The van der Waals surface area contributed by atoms with Crippen molar-refractivity contribution in [3.05, 3.63) is 70.5 Å². The summed E-state index contributed by atoms with van der Waals surface area (Å²) < 4.78 is 1.57. The van der Waals surface area contributed by atoms with Gasteiger partial charge in [0.15, 0.2) is 0 Å². The molecule has 3 aromatic rings. The number of β-lactam (4-membered cyclic amide) rings is 1. The number of hydrogen-bond acceptors (Lipinski definition) is 6. The summed E-state index contributed by atoms with van der Waals surface area (Å²) in [7, 11) is 3.35. The number of aryl methyl sites for hydroxylation is 4. The molecule has 1 saturated heterocycles. The third-order valence-electron chi connectivity index (χ3n) is 7.28. The maximum absolute atomic E-state index is 13.8. The number of pyridine rings is 1. The first-order valence-electron chi connectivity index (χ1n) is 12.7. The molecule has 200 valence electrons. The number of nitrogens with one attached hydrogen (secondary N) is 1. The van der Waals surface area contributed by atoms with Crippen LogP contribution in [-0.2, 0) is 23.1 Å². The number of urea groups is 1. The molecule has 0 aliphatic carbocycles. The highest BCUT2D eigenvalue weighted by atomic mass is 16.2. The summed E-state index contributed by atoms with van der Waals surface area (Å²) in [6.07, 6.45) is 2.48. The van der Waals surface area contributed by atoms with Gasteiger partial charge in [0.2, 0.25) is 5.91 Å². The monoisotopic (exact) mass is 517 g/mol. The number of imide groups is 1. The average molecular weight is 518 g/mol. The highest BCUT2D eigenvalue weighted by molar-refractivity contribution is 6.12. The maximum Gasteiger partial charge on any atom is 0.325 e. The Kier molecular flexibility index (Phi) is 7.52. The fourth-order valence-corrected chi connectivity index (χ4v) is 5.02. The minimum atomic E-state index is -0.977. The molecule has 1 fully saturated rings. The average Bonchev–Trinajstić information content (AvgIpc) is 3.30. The molecule has 1 aromatic carbocycles. The van der Waals surface area contributed by atoms with E-state index in [2.05, 4.69) is 15.4 Å². The van der Waals surface area contributed by atoms with Crippen molar-refractivity contribution >= 4 is 29.5 Å². The van der Waals surface area contributed by atoms with Crippen LogP contribution in [0, 0.1) is 26.7 Å². The molecule has 3 heterocycles. The van der Waals surface area contributed by atoms with Crippen molar-refractivity contribution in [2.24, 2.45) is 13.0 Å². The van der Waals surface area contributed by atoms with E-state index in [0.717, 1.165) is 32.8 Å². The zero-order valence-electron chi connectivity index (χ0n) is 22.7. The van der Waals surface area contributed by atoms with Gasteiger partial charge in [0.1, 0.15) is 17.7 Å². The summed E-state index contributed by atoms with van der Waals surface area (Å²) in [6, 6.07) is 9.41. The molecule has 0 radical (unpaired) electrons. The van der Waals surface area contributed by atoms with Crippen LogP contribution in [0.15, 0.2) is 42.6 Å². The number of hydrogen-bond donors (Lipinski definition) is 2. The van der Waals surface area contributed by atoms with Gasteiger partial charge in [0.25, 0.3) is 5.91 Å². The van der Waals surface area contributed by atoms with Gasteiger partial charge >= 0.3 is 6.03 Å². The Morgan fingerprint density at radius 2 is 1.87 bits per heavy atom. The van der Waals surface area contributed by atoms with E-state index in [4.69, 9.17) is 5.73 Å². The Bertz CT molecular complexity index is 1360. The fraction of sp³-hybridized carbons (Fsp3) is 0.393.